The van der Waals surface area contributed by atoms with Crippen LogP contribution in [-0.4, -0.2) is 44.2 Å². The summed E-state index contributed by atoms with van der Waals surface area (Å²) in [6.45, 7) is 2.28. The number of ether oxygens (including phenoxy) is 1. The second-order valence-electron chi connectivity index (χ2n) is 4.40. The van der Waals surface area contributed by atoms with E-state index in [1.165, 1.54) is 6.07 Å². The van der Waals surface area contributed by atoms with Gasteiger partial charge in [0.1, 0.15) is 5.69 Å². The van der Waals surface area contributed by atoms with Crippen molar-refractivity contribution in [2.45, 2.75) is 13.0 Å². The average molecular weight is 267 g/mol. The molecule has 0 aliphatic heterocycles. The van der Waals surface area contributed by atoms with Crippen molar-refractivity contribution < 1.29 is 9.66 Å². The molecule has 1 aromatic carbocycles. The van der Waals surface area contributed by atoms with Crippen molar-refractivity contribution in [1.29, 1.82) is 0 Å². The van der Waals surface area contributed by atoms with Crippen molar-refractivity contribution in [3.63, 3.8) is 0 Å². The van der Waals surface area contributed by atoms with Gasteiger partial charge < -0.3 is 15.0 Å². The summed E-state index contributed by atoms with van der Waals surface area (Å²) in [4.78, 5) is 12.7. The molecule has 106 valence electrons. The molecule has 0 atom stereocenters. The van der Waals surface area contributed by atoms with Gasteiger partial charge in [0.15, 0.2) is 0 Å². The fourth-order valence-corrected chi connectivity index (χ4v) is 2.01. The Labute approximate surface area is 113 Å². The first-order valence-electron chi connectivity index (χ1n) is 6.21. The fraction of sp³-hybridized carbons (Fsp3) is 0.538. The van der Waals surface area contributed by atoms with Crippen molar-refractivity contribution in [2.75, 3.05) is 39.7 Å². The minimum atomic E-state index is -0.361. The van der Waals surface area contributed by atoms with E-state index in [9.17, 15) is 10.1 Å². The van der Waals surface area contributed by atoms with Crippen LogP contribution < -0.4 is 5.32 Å². The number of benzene rings is 1. The highest BCUT2D eigenvalue weighted by Crippen LogP contribution is 2.28. The van der Waals surface area contributed by atoms with Crippen molar-refractivity contribution in [3.05, 3.63) is 33.9 Å². The third-order valence-corrected chi connectivity index (χ3v) is 2.90. The van der Waals surface area contributed by atoms with Crippen LogP contribution in [0.5, 0.6) is 0 Å². The van der Waals surface area contributed by atoms with Crippen LogP contribution in [-0.2, 0) is 11.3 Å². The zero-order chi connectivity index (χ0) is 14.3. The van der Waals surface area contributed by atoms with Gasteiger partial charge in [0.2, 0.25) is 0 Å². The Kier molecular flexibility index (Phi) is 6.24. The van der Waals surface area contributed by atoms with Crippen LogP contribution in [0.3, 0.4) is 0 Å². The number of methoxy groups -OCH3 is 1. The normalized spacial score (nSPS) is 10.7. The van der Waals surface area contributed by atoms with Crippen LogP contribution in [0.1, 0.15) is 12.0 Å². The molecule has 1 N–H and O–H groups in total. The summed E-state index contributed by atoms with van der Waals surface area (Å²) in [5.74, 6) is 0. The maximum absolute atomic E-state index is 11.0. The molecule has 1 rings (SSSR count). The minimum absolute atomic E-state index is 0.116. The monoisotopic (exact) mass is 267 g/mol. The van der Waals surface area contributed by atoms with Crippen LogP contribution in [0.15, 0.2) is 18.2 Å². The van der Waals surface area contributed by atoms with Gasteiger partial charge in [0.25, 0.3) is 5.69 Å². The second kappa shape index (κ2) is 7.70. The molecular weight excluding hydrogens is 246 g/mol. The molecule has 0 saturated heterocycles. The SMILES string of the molecule is CNc1c(CN(C)CCCOC)cccc1[N+](=O)[O-]. The minimum Gasteiger partial charge on any atom is -0.385 e. The van der Waals surface area contributed by atoms with E-state index in [4.69, 9.17) is 4.74 Å². The molecule has 0 amide bonds. The number of nitrogens with zero attached hydrogens (tertiary/aromatic N) is 2. The number of anilines is 1. The van der Waals surface area contributed by atoms with Gasteiger partial charge in [0.05, 0.1) is 4.92 Å². The van der Waals surface area contributed by atoms with E-state index in [-0.39, 0.29) is 10.6 Å². The molecule has 0 heterocycles. The highest BCUT2D eigenvalue weighted by molar-refractivity contribution is 5.66. The van der Waals surface area contributed by atoms with E-state index < -0.39 is 0 Å². The fourth-order valence-electron chi connectivity index (χ4n) is 2.01. The summed E-state index contributed by atoms with van der Waals surface area (Å²) in [7, 11) is 5.38. The van der Waals surface area contributed by atoms with Crippen LogP contribution in [0, 0.1) is 10.1 Å². The Morgan fingerprint density at radius 2 is 2.21 bits per heavy atom. The summed E-state index contributed by atoms with van der Waals surface area (Å²) in [6, 6.07) is 5.14. The first kappa shape index (κ1) is 15.4. The number of rotatable bonds is 8. The third-order valence-electron chi connectivity index (χ3n) is 2.90. The maximum Gasteiger partial charge on any atom is 0.292 e. The van der Waals surface area contributed by atoms with Crippen molar-refractivity contribution in [2.24, 2.45) is 0 Å². The molecule has 0 aliphatic carbocycles. The molecule has 0 bridgehead atoms. The van der Waals surface area contributed by atoms with E-state index in [0.29, 0.717) is 12.2 Å². The lowest BCUT2D eigenvalue weighted by Gasteiger charge is -2.18. The van der Waals surface area contributed by atoms with E-state index in [0.717, 1.165) is 25.1 Å². The standard InChI is InChI=1S/C13H21N3O3/c1-14-13-11(6-4-7-12(13)16(17)18)10-15(2)8-5-9-19-3/h4,6-7,14H,5,8-10H2,1-3H3. The van der Waals surface area contributed by atoms with Crippen LogP contribution in [0.2, 0.25) is 0 Å². The molecule has 1 aromatic rings. The molecule has 0 spiro atoms. The molecule has 0 fully saturated rings. The molecule has 0 aromatic heterocycles. The van der Waals surface area contributed by atoms with Gasteiger partial charge in [-0.05, 0) is 19.0 Å². The predicted octanol–water partition coefficient (Wildman–Crippen LogP) is 2.10. The van der Waals surface area contributed by atoms with Gasteiger partial charge in [0, 0.05) is 39.9 Å². The Morgan fingerprint density at radius 1 is 1.47 bits per heavy atom. The predicted molar refractivity (Wildman–Crippen MR) is 75.5 cm³/mol. The zero-order valence-corrected chi connectivity index (χ0v) is 11.7. The zero-order valence-electron chi connectivity index (χ0n) is 11.7. The van der Waals surface area contributed by atoms with E-state index >= 15 is 0 Å². The first-order chi connectivity index (χ1) is 9.10. The summed E-state index contributed by atoms with van der Waals surface area (Å²) < 4.78 is 5.01. The largest absolute Gasteiger partial charge is 0.385 e. The van der Waals surface area contributed by atoms with Crippen LogP contribution >= 0.6 is 0 Å². The summed E-state index contributed by atoms with van der Waals surface area (Å²) in [5.41, 5.74) is 1.63. The molecule has 0 unspecified atom stereocenters. The van der Waals surface area contributed by atoms with E-state index in [2.05, 4.69) is 10.2 Å². The van der Waals surface area contributed by atoms with Crippen LogP contribution in [0.4, 0.5) is 11.4 Å². The molecular formula is C13H21N3O3. The van der Waals surface area contributed by atoms with Gasteiger partial charge in [-0.1, -0.05) is 12.1 Å². The molecule has 19 heavy (non-hydrogen) atoms. The number of nitro benzene ring substituents is 1. The van der Waals surface area contributed by atoms with E-state index in [1.807, 2.05) is 13.1 Å². The summed E-state index contributed by atoms with van der Waals surface area (Å²) in [6.07, 6.45) is 0.941. The maximum atomic E-state index is 11.0. The van der Waals surface area contributed by atoms with Gasteiger partial charge in [-0.25, -0.2) is 0 Å². The average Bonchev–Trinajstić information content (AvgIpc) is 2.38. The third kappa shape index (κ3) is 4.50. The lowest BCUT2D eigenvalue weighted by molar-refractivity contribution is -0.384. The van der Waals surface area contributed by atoms with Gasteiger partial charge >= 0.3 is 0 Å². The Hall–Kier alpha value is -1.66. The summed E-state index contributed by atoms with van der Waals surface area (Å²) >= 11 is 0. The molecule has 6 nitrogen and oxygen atoms in total. The number of hydrogen-bond donors (Lipinski definition) is 1. The number of nitrogens with one attached hydrogen (secondary N) is 1. The quantitative estimate of drug-likeness (QED) is 0.444. The van der Waals surface area contributed by atoms with Gasteiger partial charge in [-0.2, -0.15) is 0 Å². The Morgan fingerprint density at radius 3 is 2.79 bits per heavy atom. The second-order valence-corrected chi connectivity index (χ2v) is 4.40. The number of nitro groups is 1. The topological polar surface area (TPSA) is 67.6 Å². The Balaban J connectivity index is 2.77. The van der Waals surface area contributed by atoms with Gasteiger partial charge in [-0.15, -0.1) is 0 Å². The molecule has 0 radical (unpaired) electrons. The molecule has 6 heteroatoms. The number of para-hydroxylation sites is 1. The van der Waals surface area contributed by atoms with Crippen molar-refractivity contribution >= 4 is 11.4 Å². The molecule has 0 aliphatic rings. The van der Waals surface area contributed by atoms with E-state index in [1.54, 1.807) is 20.2 Å². The van der Waals surface area contributed by atoms with Crippen molar-refractivity contribution in [3.8, 4) is 0 Å². The van der Waals surface area contributed by atoms with Crippen LogP contribution in [0.25, 0.3) is 0 Å². The highest BCUT2D eigenvalue weighted by Gasteiger charge is 2.16. The highest BCUT2D eigenvalue weighted by atomic mass is 16.6. The smallest absolute Gasteiger partial charge is 0.292 e. The van der Waals surface area contributed by atoms with Crippen molar-refractivity contribution in [1.82, 2.24) is 4.90 Å². The lowest BCUT2D eigenvalue weighted by Crippen LogP contribution is -2.21. The number of hydrogen-bond acceptors (Lipinski definition) is 5. The molecule has 0 saturated carbocycles. The lowest BCUT2D eigenvalue weighted by atomic mass is 10.1. The Bertz CT molecular complexity index is 424. The van der Waals surface area contributed by atoms with Gasteiger partial charge in [-0.3, -0.25) is 10.1 Å². The summed E-state index contributed by atoms with van der Waals surface area (Å²) in [5, 5.41) is 13.9. The first-order valence-corrected chi connectivity index (χ1v) is 6.21.